The van der Waals surface area contributed by atoms with E-state index < -0.39 is 0 Å². The quantitative estimate of drug-likeness (QED) is 0.845. The minimum Gasteiger partial charge on any atom is -0.273 e. The molecule has 1 aromatic rings. The van der Waals surface area contributed by atoms with Gasteiger partial charge in [-0.05, 0) is 24.0 Å². The monoisotopic (exact) mass is 228 g/mol. The van der Waals surface area contributed by atoms with Crippen molar-refractivity contribution in [1.82, 2.24) is 5.43 Å². The average molecular weight is 228 g/mol. The molecule has 1 heterocycles. The molecule has 3 nitrogen and oxygen atoms in total. The summed E-state index contributed by atoms with van der Waals surface area (Å²) in [7, 11) is 0. The molecule has 3 rings (SSSR count). The molecule has 0 bridgehead atoms. The van der Waals surface area contributed by atoms with Crippen LogP contribution in [0.25, 0.3) is 0 Å². The minimum absolute atomic E-state index is 0.0846. The molecule has 1 amide bonds. The maximum atomic E-state index is 11.3. The van der Waals surface area contributed by atoms with Gasteiger partial charge in [-0.2, -0.15) is 5.10 Å². The topological polar surface area (TPSA) is 41.5 Å². The highest BCUT2D eigenvalue weighted by Gasteiger charge is 2.49. The SMILES string of the molecule is CCCc1ccc(C2=NNC(=O)[C@H]3C[C@H]23)cc1. The van der Waals surface area contributed by atoms with E-state index in [1.165, 1.54) is 12.0 Å². The van der Waals surface area contributed by atoms with Crippen molar-refractivity contribution in [2.45, 2.75) is 26.2 Å². The number of amides is 1. The zero-order valence-electron chi connectivity index (χ0n) is 9.94. The van der Waals surface area contributed by atoms with Gasteiger partial charge in [0, 0.05) is 11.8 Å². The Labute approximate surface area is 101 Å². The van der Waals surface area contributed by atoms with Gasteiger partial charge < -0.3 is 0 Å². The summed E-state index contributed by atoms with van der Waals surface area (Å²) in [6.45, 7) is 2.18. The summed E-state index contributed by atoms with van der Waals surface area (Å²) in [6.07, 6.45) is 3.25. The lowest BCUT2D eigenvalue weighted by Crippen LogP contribution is -2.28. The highest BCUT2D eigenvalue weighted by molar-refractivity contribution is 6.09. The standard InChI is InChI=1S/C14H16N2O/c1-2-3-9-4-6-10(7-5-9)13-11-8-12(11)14(17)16-15-13/h4-7,11-12H,2-3,8H2,1H3,(H,16,17)/t11-,12-/m0/s1. The number of hydrogen-bond acceptors (Lipinski definition) is 2. The predicted molar refractivity (Wildman–Crippen MR) is 66.7 cm³/mol. The predicted octanol–water partition coefficient (Wildman–Crippen LogP) is 2.11. The number of rotatable bonds is 3. The van der Waals surface area contributed by atoms with Crippen LogP contribution in [0.3, 0.4) is 0 Å². The van der Waals surface area contributed by atoms with E-state index in [1.54, 1.807) is 0 Å². The van der Waals surface area contributed by atoms with Crippen LogP contribution in [0.4, 0.5) is 0 Å². The molecule has 88 valence electrons. The van der Waals surface area contributed by atoms with Crippen LogP contribution in [0.15, 0.2) is 29.4 Å². The highest BCUT2D eigenvalue weighted by Crippen LogP contribution is 2.43. The van der Waals surface area contributed by atoms with Crippen molar-refractivity contribution < 1.29 is 4.79 Å². The number of hydrogen-bond donors (Lipinski definition) is 1. The fourth-order valence-corrected chi connectivity index (χ4v) is 2.48. The molecule has 0 unspecified atom stereocenters. The first kappa shape index (κ1) is 10.5. The molecule has 1 aliphatic heterocycles. The maximum Gasteiger partial charge on any atom is 0.243 e. The molecular formula is C14H16N2O. The number of nitrogens with one attached hydrogen (secondary N) is 1. The number of fused-ring (bicyclic) bond motifs is 1. The number of nitrogens with zero attached hydrogens (tertiary/aromatic N) is 1. The third-order valence-electron chi connectivity index (χ3n) is 3.55. The molecule has 1 aromatic carbocycles. The molecule has 0 radical (unpaired) electrons. The average Bonchev–Trinajstić information content (AvgIpc) is 3.12. The fourth-order valence-electron chi connectivity index (χ4n) is 2.48. The Hall–Kier alpha value is -1.64. The minimum atomic E-state index is 0.0846. The third kappa shape index (κ3) is 1.86. The van der Waals surface area contributed by atoms with E-state index in [0.29, 0.717) is 5.92 Å². The Morgan fingerprint density at radius 2 is 2.06 bits per heavy atom. The lowest BCUT2D eigenvalue weighted by molar-refractivity contribution is -0.122. The van der Waals surface area contributed by atoms with Crippen molar-refractivity contribution in [2.24, 2.45) is 16.9 Å². The van der Waals surface area contributed by atoms with Gasteiger partial charge in [0.2, 0.25) is 5.91 Å². The van der Waals surface area contributed by atoms with Crippen LogP contribution in [0.2, 0.25) is 0 Å². The maximum absolute atomic E-state index is 11.3. The summed E-state index contributed by atoms with van der Waals surface area (Å²) in [5.74, 6) is 0.625. The number of carbonyl (C=O) groups is 1. The zero-order chi connectivity index (χ0) is 11.8. The molecule has 0 saturated heterocycles. The van der Waals surface area contributed by atoms with Gasteiger partial charge in [0.05, 0.1) is 5.71 Å². The van der Waals surface area contributed by atoms with Crippen LogP contribution in [-0.4, -0.2) is 11.6 Å². The molecule has 2 aliphatic rings. The molecule has 0 spiro atoms. The van der Waals surface area contributed by atoms with Crippen LogP contribution < -0.4 is 5.43 Å². The molecule has 17 heavy (non-hydrogen) atoms. The number of aryl methyl sites for hydroxylation is 1. The number of benzene rings is 1. The largest absolute Gasteiger partial charge is 0.273 e. The first-order chi connectivity index (χ1) is 8.29. The van der Waals surface area contributed by atoms with Gasteiger partial charge in [-0.25, -0.2) is 5.43 Å². The summed E-state index contributed by atoms with van der Waals surface area (Å²) < 4.78 is 0. The Kier molecular flexibility index (Phi) is 2.46. The lowest BCUT2D eigenvalue weighted by atomic mass is 10.0. The van der Waals surface area contributed by atoms with E-state index in [9.17, 15) is 4.79 Å². The highest BCUT2D eigenvalue weighted by atomic mass is 16.2. The summed E-state index contributed by atoms with van der Waals surface area (Å²) in [6, 6.07) is 8.57. The van der Waals surface area contributed by atoms with Gasteiger partial charge in [0.15, 0.2) is 0 Å². The summed E-state index contributed by atoms with van der Waals surface area (Å²) in [5, 5.41) is 4.20. The Morgan fingerprint density at radius 3 is 2.76 bits per heavy atom. The summed E-state index contributed by atoms with van der Waals surface area (Å²) in [4.78, 5) is 11.3. The normalized spacial score (nSPS) is 25.9. The zero-order valence-corrected chi connectivity index (χ0v) is 9.94. The van der Waals surface area contributed by atoms with Crippen molar-refractivity contribution in [2.75, 3.05) is 0 Å². The van der Waals surface area contributed by atoms with E-state index in [0.717, 1.165) is 24.1 Å². The van der Waals surface area contributed by atoms with Gasteiger partial charge in [-0.1, -0.05) is 37.6 Å². The summed E-state index contributed by atoms with van der Waals surface area (Å²) in [5.41, 5.74) is 6.18. The van der Waals surface area contributed by atoms with Crippen molar-refractivity contribution in [1.29, 1.82) is 0 Å². The smallest absolute Gasteiger partial charge is 0.243 e. The van der Waals surface area contributed by atoms with E-state index in [-0.39, 0.29) is 11.8 Å². The second kappa shape index (κ2) is 3.99. The fraction of sp³-hybridized carbons (Fsp3) is 0.429. The van der Waals surface area contributed by atoms with Crippen molar-refractivity contribution >= 4 is 11.6 Å². The van der Waals surface area contributed by atoms with Crippen LogP contribution in [-0.2, 0) is 11.2 Å². The molecule has 2 atom stereocenters. The van der Waals surface area contributed by atoms with E-state index in [2.05, 4.69) is 41.7 Å². The van der Waals surface area contributed by atoms with E-state index >= 15 is 0 Å². The van der Waals surface area contributed by atoms with Crippen molar-refractivity contribution in [3.8, 4) is 0 Å². The Bertz CT molecular complexity index is 476. The van der Waals surface area contributed by atoms with E-state index in [1.807, 2.05) is 0 Å². The molecule has 3 heteroatoms. The van der Waals surface area contributed by atoms with Gasteiger partial charge >= 0.3 is 0 Å². The molecule has 1 N–H and O–H groups in total. The van der Waals surface area contributed by atoms with Crippen molar-refractivity contribution in [3.05, 3.63) is 35.4 Å². The number of hydrazone groups is 1. The Balaban J connectivity index is 1.83. The third-order valence-corrected chi connectivity index (χ3v) is 3.55. The van der Waals surface area contributed by atoms with E-state index in [4.69, 9.17) is 0 Å². The second-order valence-electron chi connectivity index (χ2n) is 4.87. The van der Waals surface area contributed by atoms with Gasteiger partial charge in [-0.3, -0.25) is 4.79 Å². The summed E-state index contributed by atoms with van der Waals surface area (Å²) >= 11 is 0. The van der Waals surface area contributed by atoms with Crippen molar-refractivity contribution in [3.63, 3.8) is 0 Å². The van der Waals surface area contributed by atoms with Crippen LogP contribution >= 0.6 is 0 Å². The number of carbonyl (C=O) groups excluding carboxylic acids is 1. The molecule has 1 aliphatic carbocycles. The molecule has 1 fully saturated rings. The van der Waals surface area contributed by atoms with Gasteiger partial charge in [0.1, 0.15) is 0 Å². The van der Waals surface area contributed by atoms with Gasteiger partial charge in [-0.15, -0.1) is 0 Å². The van der Waals surface area contributed by atoms with Crippen LogP contribution in [0.5, 0.6) is 0 Å². The molecular weight excluding hydrogens is 212 g/mol. The van der Waals surface area contributed by atoms with Crippen LogP contribution in [0.1, 0.15) is 30.9 Å². The van der Waals surface area contributed by atoms with Gasteiger partial charge in [0.25, 0.3) is 0 Å². The first-order valence-corrected chi connectivity index (χ1v) is 6.26. The molecule has 1 saturated carbocycles. The lowest BCUT2D eigenvalue weighted by Gasteiger charge is -2.12. The second-order valence-corrected chi connectivity index (χ2v) is 4.87. The first-order valence-electron chi connectivity index (χ1n) is 6.26. The van der Waals surface area contributed by atoms with Crippen LogP contribution in [0, 0.1) is 11.8 Å². The Morgan fingerprint density at radius 1 is 1.29 bits per heavy atom. The molecule has 0 aromatic heterocycles.